The number of carbonyl (C=O) groups is 2. The lowest BCUT2D eigenvalue weighted by Gasteiger charge is -2.35. The van der Waals surface area contributed by atoms with Gasteiger partial charge in [-0.05, 0) is 62.6 Å². The predicted octanol–water partition coefficient (Wildman–Crippen LogP) is 8.06. The smallest absolute Gasteiger partial charge is 0.264 e. The molecule has 3 aromatic rings. The standard InChI is InChI=1S/C32H35Cl4N3O4S/c1-3-28(32(41)37-22-9-5-4-6-10-22)38(19-24-25(33)11-7-12-26(24)34)30(40)20-39(29-14-8-13-27(35)31(29)36)44(42,43)23-17-15-21(2)16-18-23/h7-8,11-18,22,28H,3-6,9-10,19-20H2,1-2H3,(H,37,41)/t28-/m1/s1. The van der Waals surface area contributed by atoms with Gasteiger partial charge >= 0.3 is 0 Å². The summed E-state index contributed by atoms with van der Waals surface area (Å²) in [6, 6.07) is 14.9. The molecule has 1 N–H and O–H groups in total. The van der Waals surface area contributed by atoms with Crippen LogP contribution < -0.4 is 9.62 Å². The van der Waals surface area contributed by atoms with E-state index >= 15 is 0 Å². The van der Waals surface area contributed by atoms with Crippen molar-refractivity contribution >= 4 is 73.9 Å². The number of hydrogen-bond acceptors (Lipinski definition) is 4. The number of rotatable bonds is 11. The molecule has 1 atom stereocenters. The second kappa shape index (κ2) is 15.2. The number of hydrogen-bond donors (Lipinski definition) is 1. The van der Waals surface area contributed by atoms with Crippen molar-refractivity contribution in [2.75, 3.05) is 10.8 Å². The second-order valence-corrected chi connectivity index (χ2v) is 14.3. The number of nitrogens with one attached hydrogen (secondary N) is 1. The third-order valence-corrected chi connectivity index (χ3v) is 11.1. The second-order valence-electron chi connectivity index (χ2n) is 10.9. The van der Waals surface area contributed by atoms with E-state index in [2.05, 4.69) is 5.32 Å². The first-order chi connectivity index (χ1) is 20.9. The van der Waals surface area contributed by atoms with Crippen LogP contribution in [0.5, 0.6) is 0 Å². The van der Waals surface area contributed by atoms with Crippen molar-refractivity contribution in [3.63, 3.8) is 0 Å². The summed E-state index contributed by atoms with van der Waals surface area (Å²) in [6.07, 6.45) is 5.16. The monoisotopic (exact) mass is 697 g/mol. The van der Waals surface area contributed by atoms with Crippen LogP contribution in [0.4, 0.5) is 5.69 Å². The minimum Gasteiger partial charge on any atom is -0.352 e. The normalized spacial score (nSPS) is 14.6. The first-order valence-electron chi connectivity index (χ1n) is 14.5. The van der Waals surface area contributed by atoms with Crippen LogP contribution in [0.25, 0.3) is 0 Å². The highest BCUT2D eigenvalue weighted by Crippen LogP contribution is 2.36. The van der Waals surface area contributed by atoms with Crippen molar-refractivity contribution in [1.29, 1.82) is 0 Å². The lowest BCUT2D eigenvalue weighted by molar-refractivity contribution is -0.140. The molecule has 0 bridgehead atoms. The quantitative estimate of drug-likeness (QED) is 0.220. The number of halogens is 4. The average molecular weight is 700 g/mol. The van der Waals surface area contributed by atoms with Crippen molar-refractivity contribution in [3.05, 3.63) is 91.9 Å². The van der Waals surface area contributed by atoms with Gasteiger partial charge in [-0.2, -0.15) is 0 Å². The minimum atomic E-state index is -4.31. The number of amides is 2. The van der Waals surface area contributed by atoms with Gasteiger partial charge in [-0.1, -0.05) is 102 Å². The van der Waals surface area contributed by atoms with E-state index in [0.29, 0.717) is 15.6 Å². The summed E-state index contributed by atoms with van der Waals surface area (Å²) >= 11 is 25.8. The highest BCUT2D eigenvalue weighted by Gasteiger charge is 2.36. The summed E-state index contributed by atoms with van der Waals surface area (Å²) in [5.41, 5.74) is 1.34. The zero-order valence-electron chi connectivity index (χ0n) is 24.5. The first kappa shape index (κ1) is 34.4. The Bertz CT molecular complexity index is 1580. The van der Waals surface area contributed by atoms with E-state index in [1.165, 1.54) is 29.2 Å². The van der Waals surface area contributed by atoms with Gasteiger partial charge in [-0.15, -0.1) is 0 Å². The number of nitrogens with zero attached hydrogens (tertiary/aromatic N) is 2. The number of carbonyl (C=O) groups excluding carboxylic acids is 2. The van der Waals surface area contributed by atoms with Crippen molar-refractivity contribution in [2.24, 2.45) is 0 Å². The molecule has 3 aromatic carbocycles. The van der Waals surface area contributed by atoms with Gasteiger partial charge in [0.1, 0.15) is 12.6 Å². The molecule has 1 aliphatic rings. The summed E-state index contributed by atoms with van der Waals surface area (Å²) in [5.74, 6) is -0.956. The third kappa shape index (κ3) is 8.01. The molecule has 1 fully saturated rings. The lowest BCUT2D eigenvalue weighted by atomic mass is 9.95. The Morgan fingerprint density at radius 2 is 1.48 bits per heavy atom. The van der Waals surface area contributed by atoms with Crippen molar-refractivity contribution in [1.82, 2.24) is 10.2 Å². The van der Waals surface area contributed by atoms with Crippen molar-refractivity contribution in [3.8, 4) is 0 Å². The molecule has 7 nitrogen and oxygen atoms in total. The molecule has 1 aliphatic carbocycles. The highest BCUT2D eigenvalue weighted by atomic mass is 35.5. The van der Waals surface area contributed by atoms with E-state index in [9.17, 15) is 18.0 Å². The van der Waals surface area contributed by atoms with Gasteiger partial charge in [0, 0.05) is 28.2 Å². The maximum atomic E-state index is 14.4. The Balaban J connectivity index is 1.77. The summed E-state index contributed by atoms with van der Waals surface area (Å²) in [6.45, 7) is 2.86. The molecule has 2 amide bonds. The van der Waals surface area contributed by atoms with Gasteiger partial charge in [-0.3, -0.25) is 13.9 Å². The molecule has 12 heteroatoms. The van der Waals surface area contributed by atoms with Gasteiger partial charge in [0.25, 0.3) is 10.0 Å². The number of benzene rings is 3. The van der Waals surface area contributed by atoms with Gasteiger partial charge in [0.15, 0.2) is 0 Å². The molecule has 44 heavy (non-hydrogen) atoms. The lowest BCUT2D eigenvalue weighted by Crippen LogP contribution is -2.54. The van der Waals surface area contributed by atoms with Crippen LogP contribution in [0.1, 0.15) is 56.6 Å². The average Bonchev–Trinajstić information content (AvgIpc) is 2.99. The maximum absolute atomic E-state index is 14.4. The largest absolute Gasteiger partial charge is 0.352 e. The Morgan fingerprint density at radius 1 is 0.886 bits per heavy atom. The summed E-state index contributed by atoms with van der Waals surface area (Å²) < 4.78 is 29.1. The van der Waals surface area contributed by atoms with Crippen molar-refractivity contribution < 1.29 is 18.0 Å². The molecule has 0 saturated heterocycles. The topological polar surface area (TPSA) is 86.8 Å². The Kier molecular flexibility index (Phi) is 11.9. The van der Waals surface area contributed by atoms with E-state index < -0.39 is 28.5 Å². The van der Waals surface area contributed by atoms with E-state index in [1.807, 2.05) is 6.92 Å². The van der Waals surface area contributed by atoms with Crippen LogP contribution in [0.15, 0.2) is 65.6 Å². The summed E-state index contributed by atoms with van der Waals surface area (Å²) in [7, 11) is -4.31. The molecular formula is C32H35Cl4N3O4S. The molecule has 0 spiro atoms. The van der Waals surface area contributed by atoms with Crippen molar-refractivity contribution in [2.45, 2.75) is 75.9 Å². The zero-order chi connectivity index (χ0) is 32.0. The first-order valence-corrected chi connectivity index (χ1v) is 17.4. The van der Waals surface area contributed by atoms with Crippen LogP contribution in [-0.4, -0.2) is 43.8 Å². The molecule has 0 radical (unpaired) electrons. The fourth-order valence-electron chi connectivity index (χ4n) is 5.35. The predicted molar refractivity (Wildman–Crippen MR) is 178 cm³/mol. The maximum Gasteiger partial charge on any atom is 0.264 e. The fraction of sp³-hybridized carbons (Fsp3) is 0.375. The molecule has 4 rings (SSSR count). The van der Waals surface area contributed by atoms with Gasteiger partial charge < -0.3 is 10.2 Å². The molecule has 0 aromatic heterocycles. The SMILES string of the molecule is CC[C@H](C(=O)NC1CCCCC1)N(Cc1c(Cl)cccc1Cl)C(=O)CN(c1cccc(Cl)c1Cl)S(=O)(=O)c1ccc(C)cc1. The van der Waals surface area contributed by atoms with Gasteiger partial charge in [-0.25, -0.2) is 8.42 Å². The van der Waals surface area contributed by atoms with Gasteiger partial charge in [0.2, 0.25) is 11.8 Å². The minimum absolute atomic E-state index is 0.00911. The number of sulfonamides is 1. The Morgan fingerprint density at radius 3 is 2.09 bits per heavy atom. The summed E-state index contributed by atoms with van der Waals surface area (Å²) in [5, 5.41) is 3.85. The molecule has 1 saturated carbocycles. The zero-order valence-corrected chi connectivity index (χ0v) is 28.4. The molecule has 0 heterocycles. The van der Waals surface area contributed by atoms with Crippen LogP contribution >= 0.6 is 46.4 Å². The molecular weight excluding hydrogens is 664 g/mol. The van der Waals surface area contributed by atoms with E-state index in [4.69, 9.17) is 46.4 Å². The number of aryl methyl sites for hydroxylation is 1. The van der Waals surface area contributed by atoms with Crippen LogP contribution in [0.2, 0.25) is 20.1 Å². The third-order valence-electron chi connectivity index (χ3n) is 7.82. The molecule has 0 unspecified atom stereocenters. The fourth-order valence-corrected chi connectivity index (χ4v) is 7.74. The molecule has 0 aliphatic heterocycles. The Labute approximate surface area is 279 Å². The van der Waals surface area contributed by atoms with Crippen LogP contribution in [-0.2, 0) is 26.2 Å². The summed E-state index contributed by atoms with van der Waals surface area (Å²) in [4.78, 5) is 29.4. The highest BCUT2D eigenvalue weighted by molar-refractivity contribution is 7.92. The van der Waals surface area contributed by atoms with E-state index in [-0.39, 0.29) is 45.5 Å². The number of anilines is 1. The molecule has 236 valence electrons. The van der Waals surface area contributed by atoms with Crippen LogP contribution in [0.3, 0.4) is 0 Å². The van der Waals surface area contributed by atoms with Crippen LogP contribution in [0, 0.1) is 6.92 Å². The van der Waals surface area contributed by atoms with Gasteiger partial charge in [0.05, 0.1) is 20.6 Å². The van der Waals surface area contributed by atoms with E-state index in [1.54, 1.807) is 43.3 Å². The van der Waals surface area contributed by atoms with E-state index in [0.717, 1.165) is 42.0 Å². The Hall–Kier alpha value is -2.49.